The van der Waals surface area contributed by atoms with E-state index in [1.54, 1.807) is 48.7 Å². The molecule has 1 aromatic heterocycles. The van der Waals surface area contributed by atoms with Crippen LogP contribution in [0.3, 0.4) is 0 Å². The average Bonchev–Trinajstić information content (AvgIpc) is 2.50. The molecule has 0 amide bonds. The second-order valence-electron chi connectivity index (χ2n) is 4.03. The van der Waals surface area contributed by atoms with Crippen LogP contribution in [0.5, 0.6) is 11.5 Å². The van der Waals surface area contributed by atoms with Crippen molar-refractivity contribution in [2.75, 3.05) is 6.61 Å². The molecule has 0 atom stereocenters. The predicted molar refractivity (Wildman–Crippen MR) is 75.9 cm³/mol. The average molecular weight is 269 g/mol. The van der Waals surface area contributed by atoms with Gasteiger partial charge >= 0.3 is 5.97 Å². The number of carbonyl (C=O) groups is 1. The summed E-state index contributed by atoms with van der Waals surface area (Å²) in [4.78, 5) is 15.7. The standard InChI is InChI=1S/C16H15NO3/c1-2-3-11-19-14-6-8-15(9-7-14)20-16(18)13-5-4-10-17-12-13/h2,4-10,12H,1,3,11H2. The smallest absolute Gasteiger partial charge is 0.345 e. The summed E-state index contributed by atoms with van der Waals surface area (Å²) >= 11 is 0. The van der Waals surface area contributed by atoms with Crippen LogP contribution < -0.4 is 9.47 Å². The van der Waals surface area contributed by atoms with Gasteiger partial charge in [-0.2, -0.15) is 0 Å². The minimum Gasteiger partial charge on any atom is -0.493 e. The molecule has 0 saturated heterocycles. The second-order valence-corrected chi connectivity index (χ2v) is 4.03. The minimum absolute atomic E-state index is 0.416. The number of hydrogen-bond donors (Lipinski definition) is 0. The van der Waals surface area contributed by atoms with E-state index >= 15 is 0 Å². The highest BCUT2D eigenvalue weighted by Crippen LogP contribution is 2.18. The molecular weight excluding hydrogens is 254 g/mol. The van der Waals surface area contributed by atoms with E-state index in [0.717, 1.165) is 12.2 Å². The molecule has 102 valence electrons. The molecule has 2 rings (SSSR count). The largest absolute Gasteiger partial charge is 0.493 e. The lowest BCUT2D eigenvalue weighted by atomic mass is 10.3. The highest BCUT2D eigenvalue weighted by molar-refractivity contribution is 5.90. The Morgan fingerprint density at radius 3 is 2.60 bits per heavy atom. The Hall–Kier alpha value is -2.62. The topological polar surface area (TPSA) is 48.4 Å². The third-order valence-electron chi connectivity index (χ3n) is 2.52. The lowest BCUT2D eigenvalue weighted by Gasteiger charge is -2.06. The quantitative estimate of drug-likeness (QED) is 0.349. The van der Waals surface area contributed by atoms with Crippen LogP contribution in [0, 0.1) is 0 Å². The molecule has 0 aliphatic rings. The van der Waals surface area contributed by atoms with Crippen molar-refractivity contribution in [3.8, 4) is 11.5 Å². The number of carbonyl (C=O) groups excluding carboxylic acids is 1. The first-order chi connectivity index (χ1) is 9.79. The van der Waals surface area contributed by atoms with Gasteiger partial charge in [-0.25, -0.2) is 4.79 Å². The fraction of sp³-hybridized carbons (Fsp3) is 0.125. The van der Waals surface area contributed by atoms with Crippen molar-refractivity contribution < 1.29 is 14.3 Å². The zero-order valence-corrected chi connectivity index (χ0v) is 11.0. The van der Waals surface area contributed by atoms with Crippen molar-refractivity contribution in [3.63, 3.8) is 0 Å². The Bertz CT molecular complexity index is 564. The SMILES string of the molecule is C=CCCOc1ccc(OC(=O)c2cccnc2)cc1. The molecule has 0 unspecified atom stereocenters. The lowest BCUT2D eigenvalue weighted by Crippen LogP contribution is -2.08. The van der Waals surface area contributed by atoms with E-state index < -0.39 is 5.97 Å². The van der Waals surface area contributed by atoms with E-state index in [9.17, 15) is 4.79 Å². The number of ether oxygens (including phenoxy) is 2. The summed E-state index contributed by atoms with van der Waals surface area (Å²) in [6, 6.07) is 10.2. The molecular formula is C16H15NO3. The maximum atomic E-state index is 11.8. The molecule has 1 heterocycles. The van der Waals surface area contributed by atoms with Crippen LogP contribution in [0.25, 0.3) is 0 Å². The van der Waals surface area contributed by atoms with Crippen molar-refractivity contribution >= 4 is 5.97 Å². The van der Waals surface area contributed by atoms with Crippen LogP contribution >= 0.6 is 0 Å². The zero-order valence-electron chi connectivity index (χ0n) is 11.0. The van der Waals surface area contributed by atoms with Gasteiger partial charge in [-0.15, -0.1) is 6.58 Å². The first-order valence-corrected chi connectivity index (χ1v) is 6.25. The third-order valence-corrected chi connectivity index (χ3v) is 2.52. The number of hydrogen-bond acceptors (Lipinski definition) is 4. The summed E-state index contributed by atoms with van der Waals surface area (Å²) in [6.45, 7) is 4.21. The molecule has 0 aliphatic carbocycles. The van der Waals surface area contributed by atoms with Gasteiger partial charge in [0.1, 0.15) is 11.5 Å². The molecule has 1 aromatic carbocycles. The molecule has 2 aromatic rings. The predicted octanol–water partition coefficient (Wildman–Crippen LogP) is 3.26. The van der Waals surface area contributed by atoms with Gasteiger partial charge in [0, 0.05) is 12.4 Å². The van der Waals surface area contributed by atoms with Gasteiger partial charge in [0.2, 0.25) is 0 Å². The van der Waals surface area contributed by atoms with Crippen molar-refractivity contribution in [1.29, 1.82) is 0 Å². The van der Waals surface area contributed by atoms with Crippen LogP contribution in [0.1, 0.15) is 16.8 Å². The third kappa shape index (κ3) is 3.95. The molecule has 0 spiro atoms. The minimum atomic E-state index is -0.432. The first kappa shape index (κ1) is 13.8. The van der Waals surface area contributed by atoms with Crippen molar-refractivity contribution in [2.45, 2.75) is 6.42 Å². The second kappa shape index (κ2) is 7.09. The molecule has 0 N–H and O–H groups in total. The van der Waals surface area contributed by atoms with Gasteiger partial charge in [-0.1, -0.05) is 6.08 Å². The molecule has 0 aliphatic heterocycles. The summed E-state index contributed by atoms with van der Waals surface area (Å²) in [7, 11) is 0. The molecule has 4 nitrogen and oxygen atoms in total. The molecule has 0 bridgehead atoms. The number of rotatable bonds is 6. The van der Waals surface area contributed by atoms with E-state index in [1.165, 1.54) is 6.20 Å². The maximum Gasteiger partial charge on any atom is 0.345 e. The number of nitrogens with zero attached hydrogens (tertiary/aromatic N) is 1. The van der Waals surface area contributed by atoms with Crippen molar-refractivity contribution in [1.82, 2.24) is 4.98 Å². The van der Waals surface area contributed by atoms with E-state index in [2.05, 4.69) is 11.6 Å². The molecule has 20 heavy (non-hydrogen) atoms. The Balaban J connectivity index is 1.93. The highest BCUT2D eigenvalue weighted by atomic mass is 16.5. The monoisotopic (exact) mass is 269 g/mol. The van der Waals surface area contributed by atoms with Crippen LogP contribution in [-0.2, 0) is 0 Å². The number of pyridine rings is 1. The normalized spacial score (nSPS) is 9.80. The van der Waals surface area contributed by atoms with Crippen molar-refractivity contribution in [2.24, 2.45) is 0 Å². The van der Waals surface area contributed by atoms with Crippen LogP contribution in [0.2, 0.25) is 0 Å². The van der Waals surface area contributed by atoms with Gasteiger partial charge in [0.05, 0.1) is 12.2 Å². The van der Waals surface area contributed by atoms with E-state index in [0.29, 0.717) is 17.9 Å². The lowest BCUT2D eigenvalue weighted by molar-refractivity contribution is 0.0734. The summed E-state index contributed by atoms with van der Waals surface area (Å²) in [5, 5.41) is 0. The molecule has 0 radical (unpaired) electrons. The fourth-order valence-electron chi connectivity index (χ4n) is 1.51. The first-order valence-electron chi connectivity index (χ1n) is 6.25. The van der Waals surface area contributed by atoms with Gasteiger partial charge in [-0.05, 0) is 42.8 Å². The van der Waals surface area contributed by atoms with Crippen LogP contribution in [0.4, 0.5) is 0 Å². The van der Waals surface area contributed by atoms with Gasteiger partial charge < -0.3 is 9.47 Å². The van der Waals surface area contributed by atoms with Crippen molar-refractivity contribution in [3.05, 3.63) is 67.0 Å². The number of aromatic nitrogens is 1. The van der Waals surface area contributed by atoms with Gasteiger partial charge in [-0.3, -0.25) is 4.98 Å². The van der Waals surface area contributed by atoms with Gasteiger partial charge in [0.25, 0.3) is 0 Å². The van der Waals surface area contributed by atoms with E-state index in [-0.39, 0.29) is 0 Å². The van der Waals surface area contributed by atoms with E-state index in [4.69, 9.17) is 9.47 Å². The number of benzene rings is 1. The zero-order chi connectivity index (χ0) is 14.2. The maximum absolute atomic E-state index is 11.8. The summed E-state index contributed by atoms with van der Waals surface area (Å²) in [6.07, 6.45) is 5.66. The fourth-order valence-corrected chi connectivity index (χ4v) is 1.51. The Labute approximate surface area is 117 Å². The summed E-state index contributed by atoms with van der Waals surface area (Å²) in [5.41, 5.74) is 0.416. The summed E-state index contributed by atoms with van der Waals surface area (Å²) in [5.74, 6) is 0.765. The molecule has 4 heteroatoms. The molecule has 0 fully saturated rings. The Morgan fingerprint density at radius 2 is 1.95 bits per heavy atom. The van der Waals surface area contributed by atoms with Crippen LogP contribution in [0.15, 0.2) is 61.4 Å². The van der Waals surface area contributed by atoms with E-state index in [1.807, 2.05) is 0 Å². The summed E-state index contributed by atoms with van der Waals surface area (Å²) < 4.78 is 10.7. The number of esters is 1. The highest BCUT2D eigenvalue weighted by Gasteiger charge is 2.08. The Kier molecular flexibility index (Phi) is 4.89. The van der Waals surface area contributed by atoms with Crippen LogP contribution in [-0.4, -0.2) is 17.6 Å². The van der Waals surface area contributed by atoms with Gasteiger partial charge in [0.15, 0.2) is 0 Å². The Morgan fingerprint density at radius 1 is 1.20 bits per heavy atom. The molecule has 0 saturated carbocycles.